The summed E-state index contributed by atoms with van der Waals surface area (Å²) in [6, 6.07) is 7.99. The molecule has 1 unspecified atom stereocenters. The third kappa shape index (κ3) is 6.68. The van der Waals surface area contributed by atoms with Gasteiger partial charge in [0.25, 0.3) is 0 Å². The van der Waals surface area contributed by atoms with E-state index in [-0.39, 0.29) is 5.92 Å². The summed E-state index contributed by atoms with van der Waals surface area (Å²) in [6.07, 6.45) is 1.93. The summed E-state index contributed by atoms with van der Waals surface area (Å²) >= 11 is 0. The lowest BCUT2D eigenvalue weighted by molar-refractivity contribution is -0.142. The van der Waals surface area contributed by atoms with Crippen molar-refractivity contribution in [3.05, 3.63) is 35.4 Å². The lowest BCUT2D eigenvalue weighted by atomic mass is 9.96. The fraction of sp³-hybridized carbons (Fsp3) is 0.562. The minimum atomic E-state index is -0.757. The van der Waals surface area contributed by atoms with E-state index in [0.29, 0.717) is 32.7 Å². The van der Waals surface area contributed by atoms with Crippen LogP contribution in [-0.4, -0.2) is 38.0 Å². The molecule has 0 saturated carbocycles. The van der Waals surface area contributed by atoms with Crippen LogP contribution in [0.1, 0.15) is 24.0 Å². The maximum atomic E-state index is 11.3. The molecule has 1 N–H and O–H groups in total. The minimum absolute atomic E-state index is 0.390. The minimum Gasteiger partial charge on any atom is -0.481 e. The van der Waals surface area contributed by atoms with E-state index in [0.717, 1.165) is 17.5 Å². The van der Waals surface area contributed by atoms with Gasteiger partial charge in [0.05, 0.1) is 5.92 Å². The molecular formula is C16H24O4. The number of methoxy groups -OCH3 is 1. The summed E-state index contributed by atoms with van der Waals surface area (Å²) < 4.78 is 10.4. The molecule has 0 heterocycles. The van der Waals surface area contributed by atoms with Crippen molar-refractivity contribution in [2.75, 3.05) is 26.9 Å². The van der Waals surface area contributed by atoms with E-state index < -0.39 is 5.97 Å². The molecule has 0 aliphatic carbocycles. The first-order chi connectivity index (χ1) is 9.63. The number of benzene rings is 1. The van der Waals surface area contributed by atoms with Gasteiger partial charge >= 0.3 is 5.97 Å². The first-order valence-corrected chi connectivity index (χ1v) is 6.98. The third-order valence-electron chi connectivity index (χ3n) is 3.16. The van der Waals surface area contributed by atoms with Crippen LogP contribution in [0.5, 0.6) is 0 Å². The van der Waals surface area contributed by atoms with Crippen LogP contribution in [0.15, 0.2) is 24.3 Å². The van der Waals surface area contributed by atoms with Gasteiger partial charge in [-0.3, -0.25) is 4.79 Å². The van der Waals surface area contributed by atoms with Gasteiger partial charge in [0, 0.05) is 26.9 Å². The van der Waals surface area contributed by atoms with Gasteiger partial charge in [-0.1, -0.05) is 29.8 Å². The third-order valence-corrected chi connectivity index (χ3v) is 3.16. The number of carboxylic acid groups (broad SMARTS) is 1. The number of hydrogen-bond acceptors (Lipinski definition) is 3. The smallest absolute Gasteiger partial charge is 0.306 e. The molecule has 4 nitrogen and oxygen atoms in total. The van der Waals surface area contributed by atoms with Gasteiger partial charge in [0.2, 0.25) is 0 Å². The summed E-state index contributed by atoms with van der Waals surface area (Å²) in [7, 11) is 1.66. The van der Waals surface area contributed by atoms with Crippen molar-refractivity contribution >= 4 is 5.97 Å². The van der Waals surface area contributed by atoms with E-state index in [1.807, 2.05) is 31.2 Å². The van der Waals surface area contributed by atoms with Crippen molar-refractivity contribution in [2.24, 2.45) is 5.92 Å². The Balaban J connectivity index is 2.35. The first-order valence-electron chi connectivity index (χ1n) is 6.98. The van der Waals surface area contributed by atoms with E-state index in [1.54, 1.807) is 7.11 Å². The van der Waals surface area contributed by atoms with E-state index in [2.05, 4.69) is 0 Å². The summed E-state index contributed by atoms with van der Waals surface area (Å²) in [6.45, 7) is 3.78. The van der Waals surface area contributed by atoms with Crippen molar-refractivity contribution in [1.29, 1.82) is 0 Å². The second-order valence-corrected chi connectivity index (χ2v) is 4.98. The lowest BCUT2D eigenvalue weighted by Crippen LogP contribution is -2.19. The van der Waals surface area contributed by atoms with Crippen molar-refractivity contribution in [2.45, 2.75) is 26.2 Å². The summed E-state index contributed by atoms with van der Waals surface area (Å²) in [5.41, 5.74) is 2.22. The topological polar surface area (TPSA) is 55.8 Å². The van der Waals surface area contributed by atoms with Gasteiger partial charge in [0.1, 0.15) is 0 Å². The second kappa shape index (κ2) is 9.50. The van der Waals surface area contributed by atoms with Crippen LogP contribution in [0.2, 0.25) is 0 Å². The average Bonchev–Trinajstić information content (AvgIpc) is 2.41. The Morgan fingerprint density at radius 1 is 1.30 bits per heavy atom. The van der Waals surface area contributed by atoms with Crippen LogP contribution in [-0.2, 0) is 20.7 Å². The molecule has 20 heavy (non-hydrogen) atoms. The molecule has 112 valence electrons. The molecular weight excluding hydrogens is 256 g/mol. The molecule has 1 aromatic rings. The number of carbonyl (C=O) groups is 1. The summed E-state index contributed by atoms with van der Waals surface area (Å²) in [5.74, 6) is -1.15. The normalized spacial score (nSPS) is 12.3. The largest absolute Gasteiger partial charge is 0.481 e. The highest BCUT2D eigenvalue weighted by atomic mass is 16.5. The Bertz CT molecular complexity index is 403. The molecule has 0 fully saturated rings. The quantitative estimate of drug-likeness (QED) is 0.669. The van der Waals surface area contributed by atoms with Crippen LogP contribution in [0.3, 0.4) is 0 Å². The Hall–Kier alpha value is -1.39. The zero-order valence-corrected chi connectivity index (χ0v) is 12.3. The molecule has 1 aromatic carbocycles. The number of aryl methyl sites for hydroxylation is 1. The van der Waals surface area contributed by atoms with E-state index in [9.17, 15) is 9.90 Å². The average molecular weight is 280 g/mol. The fourth-order valence-electron chi connectivity index (χ4n) is 2.07. The Morgan fingerprint density at radius 2 is 2.10 bits per heavy atom. The Labute approximate surface area is 120 Å². The van der Waals surface area contributed by atoms with E-state index in [4.69, 9.17) is 9.47 Å². The molecule has 0 bridgehead atoms. The summed E-state index contributed by atoms with van der Waals surface area (Å²) in [5, 5.41) is 9.27. The van der Waals surface area contributed by atoms with Crippen LogP contribution < -0.4 is 0 Å². The zero-order chi connectivity index (χ0) is 14.8. The highest BCUT2D eigenvalue weighted by molar-refractivity contribution is 5.70. The number of hydrogen-bond donors (Lipinski definition) is 1. The molecule has 1 rings (SSSR count). The second-order valence-electron chi connectivity index (χ2n) is 4.98. The molecule has 0 radical (unpaired) electrons. The van der Waals surface area contributed by atoms with Crippen LogP contribution in [0, 0.1) is 12.8 Å². The molecule has 0 aromatic heterocycles. The van der Waals surface area contributed by atoms with Crippen LogP contribution >= 0.6 is 0 Å². The first kappa shape index (κ1) is 16.7. The number of ether oxygens (including phenoxy) is 2. The molecule has 1 atom stereocenters. The fourth-order valence-corrected chi connectivity index (χ4v) is 2.07. The SMILES string of the molecule is COCCCOCCC(Cc1cccc(C)c1)C(=O)O. The molecule has 0 amide bonds. The van der Waals surface area contributed by atoms with Crippen LogP contribution in [0.4, 0.5) is 0 Å². The number of aliphatic carboxylic acids is 1. The van der Waals surface area contributed by atoms with E-state index in [1.165, 1.54) is 0 Å². The predicted molar refractivity (Wildman–Crippen MR) is 77.9 cm³/mol. The van der Waals surface area contributed by atoms with Crippen LogP contribution in [0.25, 0.3) is 0 Å². The summed E-state index contributed by atoms with van der Waals surface area (Å²) in [4.78, 5) is 11.3. The Kier molecular flexibility index (Phi) is 7.92. The van der Waals surface area contributed by atoms with E-state index >= 15 is 0 Å². The highest BCUT2D eigenvalue weighted by Gasteiger charge is 2.17. The number of carboxylic acids is 1. The van der Waals surface area contributed by atoms with Crippen molar-refractivity contribution < 1.29 is 19.4 Å². The van der Waals surface area contributed by atoms with Crippen molar-refractivity contribution in [1.82, 2.24) is 0 Å². The van der Waals surface area contributed by atoms with Gasteiger partial charge < -0.3 is 14.6 Å². The molecule has 0 aliphatic rings. The van der Waals surface area contributed by atoms with Gasteiger partial charge in [-0.05, 0) is 31.7 Å². The number of rotatable bonds is 10. The maximum absolute atomic E-state index is 11.3. The molecule has 4 heteroatoms. The molecule has 0 aliphatic heterocycles. The monoisotopic (exact) mass is 280 g/mol. The highest BCUT2D eigenvalue weighted by Crippen LogP contribution is 2.14. The Morgan fingerprint density at radius 3 is 2.75 bits per heavy atom. The molecule has 0 spiro atoms. The van der Waals surface area contributed by atoms with Gasteiger partial charge in [-0.2, -0.15) is 0 Å². The maximum Gasteiger partial charge on any atom is 0.306 e. The lowest BCUT2D eigenvalue weighted by Gasteiger charge is -2.13. The molecule has 0 saturated heterocycles. The zero-order valence-electron chi connectivity index (χ0n) is 12.3. The predicted octanol–water partition coefficient (Wildman–Crippen LogP) is 2.68. The van der Waals surface area contributed by atoms with Gasteiger partial charge in [0.15, 0.2) is 0 Å². The van der Waals surface area contributed by atoms with Gasteiger partial charge in [-0.25, -0.2) is 0 Å². The van der Waals surface area contributed by atoms with Crippen molar-refractivity contribution in [3.63, 3.8) is 0 Å². The van der Waals surface area contributed by atoms with Crippen molar-refractivity contribution in [3.8, 4) is 0 Å². The standard InChI is InChI=1S/C16H24O4/c1-13-5-3-6-14(11-13)12-15(16(17)18)7-10-20-9-4-8-19-2/h3,5-6,11,15H,4,7-10,12H2,1-2H3,(H,17,18). The van der Waals surface area contributed by atoms with Gasteiger partial charge in [-0.15, -0.1) is 0 Å².